The summed E-state index contributed by atoms with van der Waals surface area (Å²) in [4.78, 5) is 2.47. The molecule has 0 radical (unpaired) electrons. The predicted octanol–water partition coefficient (Wildman–Crippen LogP) is 1.08. The van der Waals surface area contributed by atoms with Crippen molar-refractivity contribution in [1.29, 1.82) is 0 Å². The van der Waals surface area contributed by atoms with Crippen LogP contribution in [-0.2, 0) is 0 Å². The standard InChI is InChI=1S/C12H26N2O/c1-10(2)13-6-4-7-14-8-5-12(9-14)11(3)15/h10-13,15H,4-9H2,1-3H3. The number of hydrogen-bond donors (Lipinski definition) is 2. The second kappa shape index (κ2) is 6.46. The van der Waals surface area contributed by atoms with Gasteiger partial charge in [-0.1, -0.05) is 13.8 Å². The molecule has 0 spiro atoms. The number of nitrogens with one attached hydrogen (secondary N) is 1. The Balaban J connectivity index is 2.04. The van der Waals surface area contributed by atoms with Crippen molar-refractivity contribution in [2.75, 3.05) is 26.2 Å². The number of nitrogens with zero attached hydrogens (tertiary/aromatic N) is 1. The van der Waals surface area contributed by atoms with Gasteiger partial charge in [-0.2, -0.15) is 0 Å². The van der Waals surface area contributed by atoms with E-state index in [2.05, 4.69) is 24.1 Å². The van der Waals surface area contributed by atoms with Gasteiger partial charge in [0.25, 0.3) is 0 Å². The summed E-state index contributed by atoms with van der Waals surface area (Å²) < 4.78 is 0. The Bertz CT molecular complexity index is 171. The lowest BCUT2D eigenvalue weighted by molar-refractivity contribution is 0.127. The van der Waals surface area contributed by atoms with Crippen LogP contribution in [0.2, 0.25) is 0 Å². The summed E-state index contributed by atoms with van der Waals surface area (Å²) in [5.74, 6) is 0.503. The molecule has 1 aliphatic heterocycles. The van der Waals surface area contributed by atoms with Crippen LogP contribution in [0.15, 0.2) is 0 Å². The first kappa shape index (κ1) is 12.9. The van der Waals surface area contributed by atoms with Crippen molar-refractivity contribution in [2.45, 2.75) is 45.8 Å². The van der Waals surface area contributed by atoms with Crippen molar-refractivity contribution in [3.05, 3.63) is 0 Å². The van der Waals surface area contributed by atoms with E-state index < -0.39 is 0 Å². The molecule has 0 aromatic carbocycles. The highest BCUT2D eigenvalue weighted by atomic mass is 16.3. The van der Waals surface area contributed by atoms with Crippen LogP contribution in [0.1, 0.15) is 33.6 Å². The van der Waals surface area contributed by atoms with Crippen molar-refractivity contribution in [3.8, 4) is 0 Å². The predicted molar refractivity (Wildman–Crippen MR) is 64.0 cm³/mol. The lowest BCUT2D eigenvalue weighted by atomic mass is 10.0. The molecule has 3 heteroatoms. The molecule has 15 heavy (non-hydrogen) atoms. The lowest BCUT2D eigenvalue weighted by Gasteiger charge is -2.17. The summed E-state index contributed by atoms with van der Waals surface area (Å²) in [5.41, 5.74) is 0. The fraction of sp³-hybridized carbons (Fsp3) is 1.00. The average molecular weight is 214 g/mol. The second-order valence-corrected chi connectivity index (χ2v) is 5.05. The minimum absolute atomic E-state index is 0.135. The van der Waals surface area contributed by atoms with Crippen LogP contribution in [0.25, 0.3) is 0 Å². The summed E-state index contributed by atoms with van der Waals surface area (Å²) in [6, 6.07) is 0.591. The molecule has 2 atom stereocenters. The molecule has 3 nitrogen and oxygen atoms in total. The maximum atomic E-state index is 9.48. The quantitative estimate of drug-likeness (QED) is 0.649. The molecule has 1 saturated heterocycles. The molecule has 0 saturated carbocycles. The number of rotatable bonds is 6. The zero-order chi connectivity index (χ0) is 11.3. The Morgan fingerprint density at radius 3 is 2.67 bits per heavy atom. The minimum atomic E-state index is -0.135. The number of likely N-dealkylation sites (tertiary alicyclic amines) is 1. The molecule has 0 amide bonds. The van der Waals surface area contributed by atoms with Crippen molar-refractivity contribution in [3.63, 3.8) is 0 Å². The highest BCUT2D eigenvalue weighted by Gasteiger charge is 2.25. The number of aliphatic hydroxyl groups is 1. The largest absolute Gasteiger partial charge is 0.393 e. The summed E-state index contributed by atoms with van der Waals surface area (Å²) in [5, 5.41) is 12.9. The SMILES string of the molecule is CC(C)NCCCN1CCC(C(C)O)C1. The van der Waals surface area contributed by atoms with Crippen molar-refractivity contribution >= 4 is 0 Å². The molecule has 1 heterocycles. The molecule has 0 aromatic heterocycles. The topological polar surface area (TPSA) is 35.5 Å². The van der Waals surface area contributed by atoms with Crippen molar-refractivity contribution in [1.82, 2.24) is 10.2 Å². The Hall–Kier alpha value is -0.120. The van der Waals surface area contributed by atoms with Gasteiger partial charge in [-0.15, -0.1) is 0 Å². The van der Waals surface area contributed by atoms with Gasteiger partial charge in [-0.25, -0.2) is 0 Å². The fourth-order valence-electron chi connectivity index (χ4n) is 2.15. The highest BCUT2D eigenvalue weighted by Crippen LogP contribution is 2.19. The van der Waals surface area contributed by atoms with Crippen molar-refractivity contribution < 1.29 is 5.11 Å². The van der Waals surface area contributed by atoms with E-state index in [1.165, 1.54) is 13.0 Å². The molecular formula is C12H26N2O. The zero-order valence-electron chi connectivity index (χ0n) is 10.4. The van der Waals surface area contributed by atoms with Crippen LogP contribution in [-0.4, -0.2) is 48.3 Å². The van der Waals surface area contributed by atoms with E-state index in [1.54, 1.807) is 0 Å². The summed E-state index contributed by atoms with van der Waals surface area (Å²) in [6.45, 7) is 10.8. The Morgan fingerprint density at radius 2 is 2.13 bits per heavy atom. The van der Waals surface area contributed by atoms with E-state index in [9.17, 15) is 5.11 Å². The van der Waals surface area contributed by atoms with Crippen LogP contribution < -0.4 is 5.32 Å². The van der Waals surface area contributed by atoms with E-state index in [0.29, 0.717) is 12.0 Å². The van der Waals surface area contributed by atoms with Crippen LogP contribution in [0, 0.1) is 5.92 Å². The van der Waals surface area contributed by atoms with E-state index in [-0.39, 0.29) is 6.10 Å². The van der Waals surface area contributed by atoms with E-state index in [0.717, 1.165) is 26.1 Å². The van der Waals surface area contributed by atoms with E-state index >= 15 is 0 Å². The Labute approximate surface area is 93.9 Å². The fourth-order valence-corrected chi connectivity index (χ4v) is 2.15. The minimum Gasteiger partial charge on any atom is -0.393 e. The van der Waals surface area contributed by atoms with E-state index in [4.69, 9.17) is 0 Å². The van der Waals surface area contributed by atoms with Gasteiger partial charge in [0, 0.05) is 12.6 Å². The smallest absolute Gasteiger partial charge is 0.0552 e. The Kier molecular flexibility index (Phi) is 5.58. The molecule has 0 aliphatic carbocycles. The van der Waals surface area contributed by atoms with Crippen LogP contribution >= 0.6 is 0 Å². The molecule has 0 aromatic rings. The van der Waals surface area contributed by atoms with Gasteiger partial charge < -0.3 is 15.3 Å². The first-order valence-corrected chi connectivity index (χ1v) is 6.23. The van der Waals surface area contributed by atoms with Crippen LogP contribution in [0.3, 0.4) is 0 Å². The molecule has 2 N–H and O–H groups in total. The van der Waals surface area contributed by atoms with Gasteiger partial charge in [0.1, 0.15) is 0 Å². The third-order valence-corrected chi connectivity index (χ3v) is 3.19. The third kappa shape index (κ3) is 4.96. The lowest BCUT2D eigenvalue weighted by Crippen LogP contribution is -2.29. The van der Waals surface area contributed by atoms with Crippen LogP contribution in [0.4, 0.5) is 0 Å². The summed E-state index contributed by atoms with van der Waals surface area (Å²) in [7, 11) is 0. The summed E-state index contributed by atoms with van der Waals surface area (Å²) >= 11 is 0. The third-order valence-electron chi connectivity index (χ3n) is 3.19. The monoisotopic (exact) mass is 214 g/mol. The summed E-state index contributed by atoms with van der Waals surface area (Å²) in [6.07, 6.45) is 2.24. The molecule has 1 fully saturated rings. The van der Waals surface area contributed by atoms with Gasteiger partial charge in [-0.05, 0) is 45.3 Å². The number of hydrogen-bond acceptors (Lipinski definition) is 3. The van der Waals surface area contributed by atoms with E-state index in [1.807, 2.05) is 6.92 Å². The van der Waals surface area contributed by atoms with Crippen LogP contribution in [0.5, 0.6) is 0 Å². The first-order chi connectivity index (χ1) is 7.09. The Morgan fingerprint density at radius 1 is 1.40 bits per heavy atom. The van der Waals surface area contributed by atoms with Crippen molar-refractivity contribution in [2.24, 2.45) is 5.92 Å². The molecule has 1 aliphatic rings. The molecule has 1 rings (SSSR count). The van der Waals surface area contributed by atoms with Gasteiger partial charge in [-0.3, -0.25) is 0 Å². The zero-order valence-corrected chi connectivity index (χ0v) is 10.4. The molecule has 0 bridgehead atoms. The van der Waals surface area contributed by atoms with Gasteiger partial charge in [0.2, 0.25) is 0 Å². The first-order valence-electron chi connectivity index (χ1n) is 6.23. The molecule has 90 valence electrons. The molecule has 2 unspecified atom stereocenters. The maximum absolute atomic E-state index is 9.48. The highest BCUT2D eigenvalue weighted by molar-refractivity contribution is 4.78. The average Bonchev–Trinajstić information content (AvgIpc) is 2.60. The molecular weight excluding hydrogens is 188 g/mol. The number of aliphatic hydroxyl groups excluding tert-OH is 1. The van der Waals surface area contributed by atoms with Gasteiger partial charge in [0.15, 0.2) is 0 Å². The normalized spacial score (nSPS) is 25.0. The van der Waals surface area contributed by atoms with Gasteiger partial charge in [0.05, 0.1) is 6.10 Å². The maximum Gasteiger partial charge on any atom is 0.0552 e. The van der Waals surface area contributed by atoms with Gasteiger partial charge >= 0.3 is 0 Å². The second-order valence-electron chi connectivity index (χ2n) is 5.05.